The second kappa shape index (κ2) is 6.79. The molecule has 0 aromatic carbocycles. The molecule has 14 heavy (non-hydrogen) atoms. The van der Waals surface area contributed by atoms with Crippen LogP contribution in [0.25, 0.3) is 0 Å². The number of hydrogen-bond acceptors (Lipinski definition) is 3. The fraction of sp³-hybridized carbons (Fsp3) is 0.900. The summed E-state index contributed by atoms with van der Waals surface area (Å²) < 4.78 is 0. The zero-order chi connectivity index (χ0) is 11.1. The van der Waals surface area contributed by atoms with Gasteiger partial charge in [0.25, 0.3) is 0 Å². The second-order valence-corrected chi connectivity index (χ2v) is 4.33. The lowest BCUT2D eigenvalue weighted by atomic mass is 10.0. The summed E-state index contributed by atoms with van der Waals surface area (Å²) in [7, 11) is 3.94. The Bertz CT molecular complexity index is 169. The number of nitrogens with two attached hydrogens (primary N) is 1. The fourth-order valence-corrected chi connectivity index (χ4v) is 1.15. The predicted octanol–water partition coefficient (Wildman–Crippen LogP) is 0.0376. The van der Waals surface area contributed by atoms with Crippen molar-refractivity contribution < 1.29 is 4.79 Å². The molecule has 1 unspecified atom stereocenters. The largest absolute Gasteiger partial charge is 0.353 e. The van der Waals surface area contributed by atoms with Crippen molar-refractivity contribution in [2.75, 3.05) is 27.2 Å². The normalized spacial score (nSPS) is 13.4. The minimum Gasteiger partial charge on any atom is -0.353 e. The van der Waals surface area contributed by atoms with Gasteiger partial charge < -0.3 is 16.0 Å². The van der Waals surface area contributed by atoms with Gasteiger partial charge in [0.15, 0.2) is 0 Å². The molecule has 0 aliphatic rings. The van der Waals surface area contributed by atoms with Gasteiger partial charge in [0.2, 0.25) is 5.91 Å². The SMILES string of the molecule is CC(C)CC(N)C(=O)NCCN(C)C. The quantitative estimate of drug-likeness (QED) is 0.638. The highest BCUT2D eigenvalue weighted by Gasteiger charge is 2.13. The fourth-order valence-electron chi connectivity index (χ4n) is 1.15. The van der Waals surface area contributed by atoms with E-state index in [0.717, 1.165) is 13.0 Å². The molecule has 1 amide bonds. The summed E-state index contributed by atoms with van der Waals surface area (Å²) in [6.07, 6.45) is 0.744. The van der Waals surface area contributed by atoms with Crippen LogP contribution < -0.4 is 11.1 Å². The molecule has 3 N–H and O–H groups in total. The number of nitrogens with one attached hydrogen (secondary N) is 1. The molecular weight excluding hydrogens is 178 g/mol. The lowest BCUT2D eigenvalue weighted by molar-refractivity contribution is -0.122. The highest BCUT2D eigenvalue weighted by atomic mass is 16.2. The van der Waals surface area contributed by atoms with E-state index < -0.39 is 0 Å². The van der Waals surface area contributed by atoms with Crippen molar-refractivity contribution in [3.63, 3.8) is 0 Å². The van der Waals surface area contributed by atoms with Crippen LogP contribution in [0.4, 0.5) is 0 Å². The van der Waals surface area contributed by atoms with Gasteiger partial charge in [-0.2, -0.15) is 0 Å². The van der Waals surface area contributed by atoms with Gasteiger partial charge >= 0.3 is 0 Å². The maximum atomic E-state index is 11.4. The van der Waals surface area contributed by atoms with Crippen LogP contribution in [0, 0.1) is 5.92 Å². The molecule has 0 saturated heterocycles. The monoisotopic (exact) mass is 201 g/mol. The minimum atomic E-state index is -0.364. The number of likely N-dealkylation sites (N-methyl/N-ethyl adjacent to an activating group) is 1. The third-order valence-corrected chi connectivity index (χ3v) is 1.92. The van der Waals surface area contributed by atoms with E-state index in [1.165, 1.54) is 0 Å². The molecule has 0 bridgehead atoms. The summed E-state index contributed by atoms with van der Waals surface area (Å²) in [5.41, 5.74) is 5.71. The first-order valence-corrected chi connectivity index (χ1v) is 5.11. The summed E-state index contributed by atoms with van der Waals surface area (Å²) in [4.78, 5) is 13.4. The highest BCUT2D eigenvalue weighted by molar-refractivity contribution is 5.81. The standard InChI is InChI=1S/C10H23N3O/c1-8(2)7-9(11)10(14)12-5-6-13(3)4/h8-9H,5-7,11H2,1-4H3,(H,12,14). The maximum absolute atomic E-state index is 11.4. The third-order valence-electron chi connectivity index (χ3n) is 1.92. The summed E-state index contributed by atoms with van der Waals surface area (Å²) in [5.74, 6) is 0.421. The Hall–Kier alpha value is -0.610. The minimum absolute atomic E-state index is 0.0412. The molecule has 0 aliphatic heterocycles. The molecule has 0 heterocycles. The van der Waals surface area contributed by atoms with Crippen molar-refractivity contribution >= 4 is 5.91 Å². The molecule has 4 nitrogen and oxygen atoms in total. The number of carbonyl (C=O) groups is 1. The van der Waals surface area contributed by atoms with Crippen LogP contribution in [0.3, 0.4) is 0 Å². The van der Waals surface area contributed by atoms with Gasteiger partial charge in [-0.05, 0) is 26.4 Å². The van der Waals surface area contributed by atoms with E-state index in [-0.39, 0.29) is 11.9 Å². The van der Waals surface area contributed by atoms with Crippen molar-refractivity contribution in [3.05, 3.63) is 0 Å². The van der Waals surface area contributed by atoms with Crippen LogP contribution in [0.1, 0.15) is 20.3 Å². The molecule has 0 aliphatic carbocycles. The Kier molecular flexibility index (Phi) is 6.49. The van der Waals surface area contributed by atoms with Crippen LogP contribution in [0.15, 0.2) is 0 Å². The topological polar surface area (TPSA) is 58.4 Å². The lowest BCUT2D eigenvalue weighted by Gasteiger charge is -2.15. The average molecular weight is 201 g/mol. The molecule has 0 radical (unpaired) electrons. The van der Waals surface area contributed by atoms with Crippen LogP contribution in [-0.4, -0.2) is 44.0 Å². The summed E-state index contributed by atoms with van der Waals surface area (Å²) in [5, 5.41) is 2.81. The molecule has 0 aromatic rings. The third kappa shape index (κ3) is 6.86. The molecule has 0 saturated carbocycles. The Labute approximate surface area is 86.8 Å². The number of carbonyl (C=O) groups excluding carboxylic acids is 1. The summed E-state index contributed by atoms with van der Waals surface area (Å²) in [6, 6.07) is -0.364. The van der Waals surface area contributed by atoms with Gasteiger partial charge in [-0.25, -0.2) is 0 Å². The van der Waals surface area contributed by atoms with Crippen LogP contribution in [-0.2, 0) is 4.79 Å². The molecular formula is C10H23N3O. The number of amides is 1. The molecule has 0 fully saturated rings. The van der Waals surface area contributed by atoms with E-state index in [0.29, 0.717) is 12.5 Å². The van der Waals surface area contributed by atoms with E-state index >= 15 is 0 Å². The maximum Gasteiger partial charge on any atom is 0.236 e. The molecule has 0 rings (SSSR count). The Balaban J connectivity index is 3.62. The van der Waals surface area contributed by atoms with Gasteiger partial charge in [0, 0.05) is 13.1 Å². The first kappa shape index (κ1) is 13.4. The van der Waals surface area contributed by atoms with Gasteiger partial charge in [-0.3, -0.25) is 4.79 Å². The molecule has 0 spiro atoms. The zero-order valence-corrected chi connectivity index (χ0v) is 9.71. The van der Waals surface area contributed by atoms with Gasteiger partial charge in [0.1, 0.15) is 0 Å². The first-order chi connectivity index (χ1) is 6.43. The molecule has 1 atom stereocenters. The lowest BCUT2D eigenvalue weighted by Crippen LogP contribution is -2.43. The highest BCUT2D eigenvalue weighted by Crippen LogP contribution is 2.02. The number of rotatable bonds is 6. The van der Waals surface area contributed by atoms with Crippen LogP contribution in [0.5, 0.6) is 0 Å². The van der Waals surface area contributed by atoms with Crippen molar-refractivity contribution in [1.82, 2.24) is 10.2 Å². The van der Waals surface area contributed by atoms with E-state index in [4.69, 9.17) is 5.73 Å². The van der Waals surface area contributed by atoms with Crippen molar-refractivity contribution in [1.29, 1.82) is 0 Å². The van der Waals surface area contributed by atoms with E-state index in [2.05, 4.69) is 19.2 Å². The Morgan fingerprint density at radius 3 is 2.43 bits per heavy atom. The average Bonchev–Trinajstić information content (AvgIpc) is 2.01. The molecule has 4 heteroatoms. The Morgan fingerprint density at radius 2 is 2.00 bits per heavy atom. The van der Waals surface area contributed by atoms with Gasteiger partial charge in [-0.1, -0.05) is 13.8 Å². The van der Waals surface area contributed by atoms with Crippen molar-refractivity contribution in [2.45, 2.75) is 26.3 Å². The van der Waals surface area contributed by atoms with Crippen molar-refractivity contribution in [3.8, 4) is 0 Å². The van der Waals surface area contributed by atoms with Gasteiger partial charge in [-0.15, -0.1) is 0 Å². The smallest absolute Gasteiger partial charge is 0.236 e. The van der Waals surface area contributed by atoms with Crippen LogP contribution in [0.2, 0.25) is 0 Å². The van der Waals surface area contributed by atoms with Gasteiger partial charge in [0.05, 0.1) is 6.04 Å². The summed E-state index contributed by atoms with van der Waals surface area (Å²) >= 11 is 0. The second-order valence-electron chi connectivity index (χ2n) is 4.33. The Morgan fingerprint density at radius 1 is 1.43 bits per heavy atom. The van der Waals surface area contributed by atoms with Crippen molar-refractivity contribution in [2.24, 2.45) is 11.7 Å². The van der Waals surface area contributed by atoms with E-state index in [9.17, 15) is 4.79 Å². The van der Waals surface area contributed by atoms with Crippen LogP contribution >= 0.6 is 0 Å². The van der Waals surface area contributed by atoms with E-state index in [1.54, 1.807) is 0 Å². The predicted molar refractivity (Wildman–Crippen MR) is 59.0 cm³/mol. The molecule has 0 aromatic heterocycles. The molecule has 84 valence electrons. The number of nitrogens with zero attached hydrogens (tertiary/aromatic N) is 1. The van der Waals surface area contributed by atoms with E-state index in [1.807, 2.05) is 19.0 Å². The summed E-state index contributed by atoms with van der Waals surface area (Å²) in [6.45, 7) is 5.64. The number of hydrogen-bond donors (Lipinski definition) is 2. The zero-order valence-electron chi connectivity index (χ0n) is 9.71. The first-order valence-electron chi connectivity index (χ1n) is 5.11.